The van der Waals surface area contributed by atoms with E-state index in [1.165, 1.54) is 0 Å². The van der Waals surface area contributed by atoms with Gasteiger partial charge in [0.25, 0.3) is 5.91 Å². The molecule has 0 aliphatic carbocycles. The van der Waals surface area contributed by atoms with E-state index in [0.29, 0.717) is 5.56 Å². The summed E-state index contributed by atoms with van der Waals surface area (Å²) in [6.07, 6.45) is 0. The number of nitrogens with one attached hydrogen (secondary N) is 2. The molecule has 0 aromatic heterocycles. The van der Waals surface area contributed by atoms with Crippen LogP contribution in [-0.4, -0.2) is 12.5 Å². The summed E-state index contributed by atoms with van der Waals surface area (Å²) < 4.78 is 0.983. The van der Waals surface area contributed by atoms with Gasteiger partial charge in [0.1, 0.15) is 0 Å². The van der Waals surface area contributed by atoms with Crippen molar-refractivity contribution in [3.63, 3.8) is 0 Å². The van der Waals surface area contributed by atoms with Crippen molar-refractivity contribution in [2.24, 2.45) is 0 Å². The van der Waals surface area contributed by atoms with E-state index in [9.17, 15) is 4.79 Å². The molecule has 0 bridgehead atoms. The molecule has 0 aliphatic rings. The van der Waals surface area contributed by atoms with Crippen molar-refractivity contribution in [2.75, 3.05) is 17.2 Å². The van der Waals surface area contributed by atoms with E-state index in [1.54, 1.807) is 0 Å². The molecule has 0 spiro atoms. The molecule has 1 amide bonds. The molecule has 0 saturated heterocycles. The maximum Gasteiger partial charge on any atom is 0.257 e. The number of halogens is 1. The summed E-state index contributed by atoms with van der Waals surface area (Å²) in [4.78, 5) is 12.5. The molecule has 110 valence electrons. The van der Waals surface area contributed by atoms with Crippen LogP contribution in [0.5, 0.6) is 0 Å². The Morgan fingerprint density at radius 1 is 1.14 bits per heavy atom. The zero-order chi connectivity index (χ0) is 15.4. The van der Waals surface area contributed by atoms with Crippen LogP contribution in [0.25, 0.3) is 0 Å². The maximum absolute atomic E-state index is 12.5. The second-order valence-corrected chi connectivity index (χ2v) is 5.85. The summed E-state index contributed by atoms with van der Waals surface area (Å²) in [5, 5.41) is 6.17. The number of carbonyl (C=O) groups excluding carboxylic acids is 1. The summed E-state index contributed by atoms with van der Waals surface area (Å²) in [7, 11) is 0. The molecular weight excluding hydrogens is 328 g/mol. The molecule has 21 heavy (non-hydrogen) atoms. The quantitative estimate of drug-likeness (QED) is 0.838. The largest absolute Gasteiger partial charge is 0.385 e. The second kappa shape index (κ2) is 6.76. The van der Waals surface area contributed by atoms with Crippen LogP contribution in [0.4, 0.5) is 11.4 Å². The molecule has 2 rings (SSSR count). The highest BCUT2D eigenvalue weighted by molar-refractivity contribution is 9.10. The van der Waals surface area contributed by atoms with Gasteiger partial charge in [-0.25, -0.2) is 0 Å². The zero-order valence-electron chi connectivity index (χ0n) is 12.5. The monoisotopic (exact) mass is 346 g/mol. The van der Waals surface area contributed by atoms with Gasteiger partial charge in [0.15, 0.2) is 0 Å². The van der Waals surface area contributed by atoms with Crippen molar-refractivity contribution < 1.29 is 4.79 Å². The Morgan fingerprint density at radius 3 is 2.57 bits per heavy atom. The minimum absolute atomic E-state index is 0.110. The van der Waals surface area contributed by atoms with Gasteiger partial charge in [0.2, 0.25) is 0 Å². The fourth-order valence-corrected chi connectivity index (χ4v) is 2.44. The lowest BCUT2D eigenvalue weighted by Gasteiger charge is -2.12. The van der Waals surface area contributed by atoms with Gasteiger partial charge in [0, 0.05) is 22.4 Å². The highest BCUT2D eigenvalue weighted by atomic mass is 79.9. The Morgan fingerprint density at radius 2 is 1.90 bits per heavy atom. The van der Waals surface area contributed by atoms with Crippen LogP contribution in [0, 0.1) is 13.8 Å². The predicted molar refractivity (Wildman–Crippen MR) is 92.2 cm³/mol. The standard InChI is InChI=1S/C17H19BrN2O/c1-4-19-16-9-11(2)5-8-14(16)17(21)20-13-7-6-12(3)15(18)10-13/h5-10,19H,4H2,1-3H3,(H,20,21). The van der Waals surface area contributed by atoms with Crippen molar-refractivity contribution in [1.82, 2.24) is 0 Å². The smallest absolute Gasteiger partial charge is 0.257 e. The first-order chi connectivity index (χ1) is 10.0. The van der Waals surface area contributed by atoms with Gasteiger partial charge in [-0.2, -0.15) is 0 Å². The lowest BCUT2D eigenvalue weighted by Crippen LogP contribution is -2.15. The molecule has 0 unspecified atom stereocenters. The summed E-state index contributed by atoms with van der Waals surface area (Å²) in [5.74, 6) is -0.110. The molecule has 3 nitrogen and oxygen atoms in total. The predicted octanol–water partition coefficient (Wildman–Crippen LogP) is 4.75. The Kier molecular flexibility index (Phi) is 5.02. The molecule has 0 heterocycles. The first-order valence-corrected chi connectivity index (χ1v) is 7.72. The van der Waals surface area contributed by atoms with E-state index in [4.69, 9.17) is 0 Å². The van der Waals surface area contributed by atoms with Crippen molar-refractivity contribution in [3.05, 3.63) is 57.6 Å². The lowest BCUT2D eigenvalue weighted by molar-refractivity contribution is 0.102. The topological polar surface area (TPSA) is 41.1 Å². The molecule has 2 aromatic rings. The van der Waals surface area contributed by atoms with Crippen LogP contribution in [0.15, 0.2) is 40.9 Å². The van der Waals surface area contributed by atoms with Crippen molar-refractivity contribution >= 4 is 33.2 Å². The highest BCUT2D eigenvalue weighted by Crippen LogP contribution is 2.23. The molecule has 2 N–H and O–H groups in total. The van der Waals surface area contributed by atoms with Crippen LogP contribution in [0.1, 0.15) is 28.4 Å². The Hall–Kier alpha value is -1.81. The van der Waals surface area contributed by atoms with Crippen LogP contribution < -0.4 is 10.6 Å². The van der Waals surface area contributed by atoms with Crippen LogP contribution in [-0.2, 0) is 0 Å². The molecule has 0 saturated carbocycles. The Balaban J connectivity index is 2.25. The number of hydrogen-bond acceptors (Lipinski definition) is 2. The van der Waals surface area contributed by atoms with Gasteiger partial charge < -0.3 is 10.6 Å². The normalized spacial score (nSPS) is 10.3. The van der Waals surface area contributed by atoms with Gasteiger partial charge in [0.05, 0.1) is 5.56 Å². The number of carbonyl (C=O) groups is 1. The average molecular weight is 347 g/mol. The molecule has 0 fully saturated rings. The van der Waals surface area contributed by atoms with E-state index in [0.717, 1.165) is 33.5 Å². The van der Waals surface area contributed by atoms with Gasteiger partial charge >= 0.3 is 0 Å². The minimum Gasteiger partial charge on any atom is -0.385 e. The molecule has 0 atom stereocenters. The molecular formula is C17H19BrN2O. The Bertz CT molecular complexity index is 668. The van der Waals surface area contributed by atoms with Crippen molar-refractivity contribution in [3.8, 4) is 0 Å². The molecule has 2 aromatic carbocycles. The summed E-state index contributed by atoms with van der Waals surface area (Å²) in [6, 6.07) is 11.6. The van der Waals surface area contributed by atoms with E-state index in [-0.39, 0.29) is 5.91 Å². The van der Waals surface area contributed by atoms with Gasteiger partial charge in [-0.05, 0) is 56.2 Å². The summed E-state index contributed by atoms with van der Waals surface area (Å²) in [6.45, 7) is 6.82. The van der Waals surface area contributed by atoms with Gasteiger partial charge in [-0.3, -0.25) is 4.79 Å². The van der Waals surface area contributed by atoms with E-state index in [2.05, 4.69) is 26.6 Å². The third-order valence-electron chi connectivity index (χ3n) is 3.22. The maximum atomic E-state index is 12.5. The van der Waals surface area contributed by atoms with Gasteiger partial charge in [-0.15, -0.1) is 0 Å². The first kappa shape index (κ1) is 15.6. The van der Waals surface area contributed by atoms with E-state index < -0.39 is 0 Å². The average Bonchev–Trinajstić information content (AvgIpc) is 2.43. The van der Waals surface area contributed by atoms with E-state index in [1.807, 2.05) is 57.2 Å². The third-order valence-corrected chi connectivity index (χ3v) is 4.07. The van der Waals surface area contributed by atoms with Gasteiger partial charge in [-0.1, -0.05) is 28.1 Å². The minimum atomic E-state index is -0.110. The fraction of sp³-hybridized carbons (Fsp3) is 0.235. The molecule has 0 radical (unpaired) electrons. The first-order valence-electron chi connectivity index (χ1n) is 6.93. The van der Waals surface area contributed by atoms with Crippen molar-refractivity contribution in [1.29, 1.82) is 0 Å². The highest BCUT2D eigenvalue weighted by Gasteiger charge is 2.12. The summed E-state index contributed by atoms with van der Waals surface area (Å²) >= 11 is 3.48. The summed E-state index contributed by atoms with van der Waals surface area (Å²) in [5.41, 5.74) is 4.55. The SMILES string of the molecule is CCNc1cc(C)ccc1C(=O)Nc1ccc(C)c(Br)c1. The Labute approximate surface area is 133 Å². The number of aryl methyl sites for hydroxylation is 2. The lowest BCUT2D eigenvalue weighted by atomic mass is 10.1. The fourth-order valence-electron chi connectivity index (χ4n) is 2.06. The third kappa shape index (κ3) is 3.85. The van der Waals surface area contributed by atoms with Crippen molar-refractivity contribution in [2.45, 2.75) is 20.8 Å². The molecule has 0 aliphatic heterocycles. The number of amides is 1. The van der Waals surface area contributed by atoms with Crippen LogP contribution in [0.3, 0.4) is 0 Å². The van der Waals surface area contributed by atoms with Crippen LogP contribution >= 0.6 is 15.9 Å². The number of anilines is 2. The number of hydrogen-bond donors (Lipinski definition) is 2. The zero-order valence-corrected chi connectivity index (χ0v) is 14.0. The van der Waals surface area contributed by atoms with E-state index >= 15 is 0 Å². The molecule has 4 heteroatoms. The van der Waals surface area contributed by atoms with Crippen LogP contribution in [0.2, 0.25) is 0 Å². The number of rotatable bonds is 4. The number of benzene rings is 2. The second-order valence-electron chi connectivity index (χ2n) is 5.00.